The largest absolute Gasteiger partial charge is 0.487 e. The number of thioether (sulfide) groups is 1. The predicted octanol–water partition coefficient (Wildman–Crippen LogP) is 4.51. The van der Waals surface area contributed by atoms with Crippen LogP contribution >= 0.6 is 23.4 Å². The van der Waals surface area contributed by atoms with Crippen LogP contribution in [0.1, 0.15) is 18.9 Å². The van der Waals surface area contributed by atoms with Gasteiger partial charge in [-0.1, -0.05) is 42.1 Å². The highest BCUT2D eigenvalue weighted by Crippen LogP contribution is 2.31. The van der Waals surface area contributed by atoms with Crippen molar-refractivity contribution < 1.29 is 23.1 Å². The molecule has 1 atom stereocenters. The van der Waals surface area contributed by atoms with Crippen molar-refractivity contribution in [3.63, 3.8) is 0 Å². The summed E-state index contributed by atoms with van der Waals surface area (Å²) in [5, 5.41) is 2.48. The summed E-state index contributed by atoms with van der Waals surface area (Å²) < 4.78 is 29.9. The minimum absolute atomic E-state index is 0.0555. The number of nitrogens with zero attached hydrogens (tertiary/aromatic N) is 2. The average molecular weight is 468 g/mol. The summed E-state index contributed by atoms with van der Waals surface area (Å²) in [7, 11) is 0. The number of aliphatic imine (C=N–C) groups is 1. The summed E-state index contributed by atoms with van der Waals surface area (Å²) in [6.07, 6.45) is 0.0555. The Morgan fingerprint density at radius 1 is 1.26 bits per heavy atom. The molecule has 0 radical (unpaired) electrons. The molecule has 0 aliphatic carbocycles. The minimum atomic E-state index is -3.81. The monoisotopic (exact) mass is 467 g/mol. The summed E-state index contributed by atoms with van der Waals surface area (Å²) in [5.74, 6) is -0.585. The summed E-state index contributed by atoms with van der Waals surface area (Å²) in [5.41, 5.74) is -2.49. The van der Waals surface area contributed by atoms with E-state index in [1.807, 2.05) is 30.3 Å². The highest BCUT2D eigenvalue weighted by molar-refractivity contribution is 8.15. The number of amidine groups is 1. The lowest BCUT2D eigenvalue weighted by molar-refractivity contribution is -0.130. The molecule has 2 aromatic rings. The maximum atomic E-state index is 12.9. The van der Waals surface area contributed by atoms with E-state index in [2.05, 4.69) is 15.0 Å². The van der Waals surface area contributed by atoms with Crippen LogP contribution in [0.4, 0.5) is 14.5 Å². The average Bonchev–Trinajstić information content (AvgIpc) is 2.71. The van der Waals surface area contributed by atoms with E-state index >= 15 is 0 Å². The lowest BCUT2D eigenvalue weighted by Crippen LogP contribution is -2.46. The van der Waals surface area contributed by atoms with E-state index in [1.54, 1.807) is 6.92 Å². The SMILES string of the molecule is CCNC(=O)[C@@H]1CC(=O)N(Cc2ccccc2)C(=Nc2ccc(OC(F)(F)Cl)cc2)S1. The van der Waals surface area contributed by atoms with E-state index in [-0.39, 0.29) is 24.0 Å². The summed E-state index contributed by atoms with van der Waals surface area (Å²) in [4.78, 5) is 31.2. The van der Waals surface area contributed by atoms with Crippen molar-refractivity contribution in [1.82, 2.24) is 10.2 Å². The van der Waals surface area contributed by atoms with Crippen LogP contribution in [0, 0.1) is 0 Å². The number of amides is 2. The van der Waals surface area contributed by atoms with E-state index in [9.17, 15) is 18.4 Å². The van der Waals surface area contributed by atoms with Gasteiger partial charge in [0.1, 0.15) is 5.75 Å². The van der Waals surface area contributed by atoms with Crippen molar-refractivity contribution in [2.24, 2.45) is 4.99 Å². The van der Waals surface area contributed by atoms with Crippen LogP contribution in [0.25, 0.3) is 0 Å². The van der Waals surface area contributed by atoms with E-state index in [0.29, 0.717) is 23.9 Å². The molecule has 0 saturated carbocycles. The molecule has 2 aromatic carbocycles. The molecule has 3 rings (SSSR count). The van der Waals surface area contributed by atoms with Gasteiger partial charge < -0.3 is 10.1 Å². The van der Waals surface area contributed by atoms with Crippen LogP contribution in [0.5, 0.6) is 5.75 Å². The molecule has 31 heavy (non-hydrogen) atoms. The zero-order valence-electron chi connectivity index (χ0n) is 16.6. The molecule has 1 aliphatic heterocycles. The lowest BCUT2D eigenvalue weighted by atomic mass is 10.2. The summed E-state index contributed by atoms with van der Waals surface area (Å²) in [6, 6.07) is 14.9. The molecule has 6 nitrogen and oxygen atoms in total. The minimum Gasteiger partial charge on any atom is -0.420 e. The topological polar surface area (TPSA) is 71.0 Å². The van der Waals surface area contributed by atoms with Crippen LogP contribution < -0.4 is 10.1 Å². The first-order chi connectivity index (χ1) is 14.7. The standard InChI is InChI=1S/C21H20ClF2N3O3S/c1-2-25-19(29)17-12-18(28)27(13-14-6-4-3-5-7-14)20(31-17)26-15-8-10-16(11-9-15)30-21(22,23)24/h3-11,17H,2,12-13H2,1H3,(H,25,29)/t17-/m0/s1. The Hall–Kier alpha value is -2.65. The van der Waals surface area contributed by atoms with Gasteiger partial charge >= 0.3 is 5.57 Å². The van der Waals surface area contributed by atoms with Crippen molar-refractivity contribution in [3.05, 3.63) is 60.2 Å². The van der Waals surface area contributed by atoms with Gasteiger partial charge in [0, 0.05) is 24.6 Å². The first-order valence-electron chi connectivity index (χ1n) is 9.48. The molecule has 0 bridgehead atoms. The number of carbonyl (C=O) groups is 2. The second-order valence-electron chi connectivity index (χ2n) is 6.61. The van der Waals surface area contributed by atoms with Crippen LogP contribution in [0.2, 0.25) is 0 Å². The van der Waals surface area contributed by atoms with Crippen LogP contribution in [0.15, 0.2) is 59.6 Å². The van der Waals surface area contributed by atoms with E-state index in [1.165, 1.54) is 40.9 Å². The highest BCUT2D eigenvalue weighted by Gasteiger charge is 2.35. The zero-order chi connectivity index (χ0) is 22.4. The molecule has 1 saturated heterocycles. The van der Waals surface area contributed by atoms with Gasteiger partial charge in [0.25, 0.3) is 0 Å². The normalized spacial score (nSPS) is 18.2. The maximum Gasteiger partial charge on any atom is 0.487 e. The van der Waals surface area contributed by atoms with Gasteiger partial charge in [0.15, 0.2) is 5.17 Å². The first-order valence-corrected chi connectivity index (χ1v) is 10.7. The Morgan fingerprint density at radius 3 is 2.55 bits per heavy atom. The number of carbonyl (C=O) groups excluding carboxylic acids is 2. The fourth-order valence-electron chi connectivity index (χ4n) is 2.88. The molecule has 10 heteroatoms. The van der Waals surface area contributed by atoms with Crippen molar-refractivity contribution >= 4 is 46.0 Å². The van der Waals surface area contributed by atoms with E-state index in [0.717, 1.165) is 5.56 Å². The molecule has 1 heterocycles. The zero-order valence-corrected chi connectivity index (χ0v) is 18.1. The summed E-state index contributed by atoms with van der Waals surface area (Å²) >= 11 is 5.97. The second-order valence-corrected chi connectivity index (χ2v) is 8.22. The molecule has 164 valence electrons. The molecular formula is C21H20ClF2N3O3S. The second kappa shape index (κ2) is 10.1. The molecule has 0 aromatic heterocycles. The summed E-state index contributed by atoms with van der Waals surface area (Å²) in [6.45, 7) is 2.56. The van der Waals surface area contributed by atoms with Crippen LogP contribution in [-0.2, 0) is 16.1 Å². The molecule has 0 spiro atoms. The van der Waals surface area contributed by atoms with Gasteiger partial charge in [0.2, 0.25) is 11.8 Å². The van der Waals surface area contributed by atoms with Gasteiger partial charge in [-0.15, -0.1) is 8.78 Å². The number of nitrogens with one attached hydrogen (secondary N) is 1. The Kier molecular flexibility index (Phi) is 7.50. The van der Waals surface area contributed by atoms with Gasteiger partial charge in [0.05, 0.1) is 17.5 Å². The highest BCUT2D eigenvalue weighted by atomic mass is 35.5. The Bertz CT molecular complexity index is 953. The van der Waals surface area contributed by atoms with E-state index in [4.69, 9.17) is 11.6 Å². The molecule has 1 N–H and O–H groups in total. The number of hydrogen-bond acceptors (Lipinski definition) is 5. The number of hydrogen-bond donors (Lipinski definition) is 1. The van der Waals surface area contributed by atoms with Crippen molar-refractivity contribution in [3.8, 4) is 5.75 Å². The smallest absolute Gasteiger partial charge is 0.420 e. The van der Waals surface area contributed by atoms with Crippen molar-refractivity contribution in [2.75, 3.05) is 6.54 Å². The van der Waals surface area contributed by atoms with Crippen molar-refractivity contribution in [1.29, 1.82) is 0 Å². The number of benzene rings is 2. The fraction of sp³-hybridized carbons (Fsp3) is 0.286. The number of ether oxygens (including phenoxy) is 1. The third-order valence-electron chi connectivity index (χ3n) is 4.26. The predicted molar refractivity (Wildman–Crippen MR) is 117 cm³/mol. The molecular weight excluding hydrogens is 448 g/mol. The first kappa shape index (κ1) is 23.0. The third-order valence-corrected chi connectivity index (χ3v) is 5.53. The molecule has 1 fully saturated rings. The fourth-order valence-corrected chi connectivity index (χ4v) is 4.10. The number of alkyl halides is 3. The van der Waals surface area contributed by atoms with Gasteiger partial charge in [-0.25, -0.2) is 4.99 Å². The molecule has 1 aliphatic rings. The van der Waals surface area contributed by atoms with Gasteiger partial charge in [-0.3, -0.25) is 14.5 Å². The lowest BCUT2D eigenvalue weighted by Gasteiger charge is -2.31. The van der Waals surface area contributed by atoms with Crippen LogP contribution in [0.3, 0.4) is 0 Å². The Balaban J connectivity index is 1.87. The number of rotatable bonds is 7. The van der Waals surface area contributed by atoms with Gasteiger partial charge in [-0.05, 0) is 36.8 Å². The molecule has 0 unspecified atom stereocenters. The Labute approximate surface area is 187 Å². The van der Waals surface area contributed by atoms with E-state index < -0.39 is 10.8 Å². The quantitative estimate of drug-likeness (QED) is 0.608. The van der Waals surface area contributed by atoms with Crippen molar-refractivity contribution in [2.45, 2.75) is 30.7 Å². The maximum absolute atomic E-state index is 12.9. The van der Waals surface area contributed by atoms with Gasteiger partial charge in [-0.2, -0.15) is 0 Å². The number of halogens is 3. The molecule has 2 amide bonds. The third kappa shape index (κ3) is 6.67. The van der Waals surface area contributed by atoms with Crippen LogP contribution in [-0.4, -0.2) is 39.2 Å². The Morgan fingerprint density at radius 2 is 1.94 bits per heavy atom.